The average molecular weight is 299 g/mol. The van der Waals surface area contributed by atoms with Crippen LogP contribution in [0.5, 0.6) is 0 Å². The number of nitrogens with one attached hydrogen (secondary N) is 1. The molecule has 1 aromatic heterocycles. The second kappa shape index (κ2) is 4.95. The maximum atomic E-state index is 13.8. The molecule has 0 aliphatic rings. The minimum Gasteiger partial charge on any atom is -0.275 e. The molecule has 1 heterocycles. The summed E-state index contributed by atoms with van der Waals surface area (Å²) in [4.78, 5) is 0. The molecule has 1 aromatic carbocycles. The number of nitrogens with zero attached hydrogens (tertiary/aromatic N) is 2. The molecule has 1 atom stereocenters. The van der Waals surface area contributed by atoms with Gasteiger partial charge in [-0.1, -0.05) is 22.0 Å². The van der Waals surface area contributed by atoms with Gasteiger partial charge in [-0.15, -0.1) is 0 Å². The Bertz CT molecular complexity index is 526. The summed E-state index contributed by atoms with van der Waals surface area (Å²) in [6.07, 6.45) is 3.46. The van der Waals surface area contributed by atoms with Gasteiger partial charge in [0.15, 0.2) is 0 Å². The lowest BCUT2D eigenvalue weighted by Crippen LogP contribution is -2.29. The van der Waals surface area contributed by atoms with Crippen molar-refractivity contribution in [3.05, 3.63) is 52.0 Å². The molecule has 0 aliphatic carbocycles. The second-order valence-corrected chi connectivity index (χ2v) is 4.63. The van der Waals surface area contributed by atoms with Crippen molar-refractivity contribution < 1.29 is 4.39 Å². The van der Waals surface area contributed by atoms with Crippen LogP contribution in [0.3, 0.4) is 0 Å². The molecule has 3 N–H and O–H groups in total. The van der Waals surface area contributed by atoms with Crippen molar-refractivity contribution in [3.8, 4) is 0 Å². The highest BCUT2D eigenvalue weighted by atomic mass is 79.9. The van der Waals surface area contributed by atoms with Crippen molar-refractivity contribution in [1.29, 1.82) is 0 Å². The topological polar surface area (TPSA) is 55.9 Å². The van der Waals surface area contributed by atoms with Gasteiger partial charge in [0, 0.05) is 28.8 Å². The molecule has 4 nitrogen and oxygen atoms in total. The van der Waals surface area contributed by atoms with Crippen LogP contribution < -0.4 is 11.3 Å². The largest absolute Gasteiger partial charge is 0.275 e. The molecule has 0 fully saturated rings. The van der Waals surface area contributed by atoms with Gasteiger partial charge in [0.1, 0.15) is 5.82 Å². The van der Waals surface area contributed by atoms with Crippen LogP contribution in [0.4, 0.5) is 4.39 Å². The van der Waals surface area contributed by atoms with Gasteiger partial charge < -0.3 is 0 Å². The number of nitrogens with two attached hydrogens (primary N) is 1. The molecular formula is C11H12BrFN4. The number of aryl methyl sites for hydroxylation is 1. The zero-order chi connectivity index (χ0) is 12.4. The van der Waals surface area contributed by atoms with E-state index in [1.54, 1.807) is 36.3 Å². The number of benzene rings is 1. The summed E-state index contributed by atoms with van der Waals surface area (Å²) in [6, 6.07) is 4.48. The maximum Gasteiger partial charge on any atom is 0.129 e. The smallest absolute Gasteiger partial charge is 0.129 e. The Morgan fingerprint density at radius 1 is 1.53 bits per heavy atom. The first-order chi connectivity index (χ1) is 8.11. The normalized spacial score (nSPS) is 12.7. The Morgan fingerprint density at radius 3 is 2.82 bits per heavy atom. The molecule has 90 valence electrons. The third-order valence-electron chi connectivity index (χ3n) is 2.50. The Labute approximate surface area is 107 Å². The molecule has 0 radical (unpaired) electrons. The van der Waals surface area contributed by atoms with Crippen LogP contribution in [0, 0.1) is 5.82 Å². The minimum absolute atomic E-state index is 0.314. The van der Waals surface area contributed by atoms with E-state index < -0.39 is 6.04 Å². The van der Waals surface area contributed by atoms with Crippen LogP contribution in [0.25, 0.3) is 0 Å². The summed E-state index contributed by atoms with van der Waals surface area (Å²) in [7, 11) is 1.80. The lowest BCUT2D eigenvalue weighted by molar-refractivity contribution is 0.559. The van der Waals surface area contributed by atoms with E-state index in [1.165, 1.54) is 6.07 Å². The Kier molecular flexibility index (Phi) is 3.56. The minimum atomic E-state index is -0.406. The van der Waals surface area contributed by atoms with Gasteiger partial charge in [0.25, 0.3) is 0 Å². The summed E-state index contributed by atoms with van der Waals surface area (Å²) >= 11 is 3.22. The number of halogens is 2. The fourth-order valence-corrected chi connectivity index (χ4v) is 2.02. The van der Waals surface area contributed by atoms with E-state index in [2.05, 4.69) is 26.5 Å². The van der Waals surface area contributed by atoms with E-state index in [4.69, 9.17) is 5.84 Å². The molecule has 1 unspecified atom stereocenters. The summed E-state index contributed by atoms with van der Waals surface area (Å²) in [5.74, 6) is 5.17. The molecular weight excluding hydrogens is 287 g/mol. The van der Waals surface area contributed by atoms with Gasteiger partial charge in [0.05, 0.1) is 12.2 Å². The van der Waals surface area contributed by atoms with E-state index in [-0.39, 0.29) is 5.82 Å². The van der Waals surface area contributed by atoms with Gasteiger partial charge in [0.2, 0.25) is 0 Å². The number of hydrazine groups is 1. The fourth-order valence-electron chi connectivity index (χ4n) is 1.69. The lowest BCUT2D eigenvalue weighted by atomic mass is 10.0. The third kappa shape index (κ3) is 2.54. The van der Waals surface area contributed by atoms with Crippen molar-refractivity contribution >= 4 is 15.9 Å². The molecule has 6 heteroatoms. The van der Waals surface area contributed by atoms with Crippen LogP contribution in [-0.2, 0) is 7.05 Å². The SMILES string of the molecule is Cn1cc(C(NN)c2ccc(Br)cc2F)cn1. The average Bonchev–Trinajstić information content (AvgIpc) is 2.69. The first kappa shape index (κ1) is 12.2. The first-order valence-electron chi connectivity index (χ1n) is 5.01. The number of hydrogen-bond acceptors (Lipinski definition) is 3. The predicted molar refractivity (Wildman–Crippen MR) is 66.5 cm³/mol. The highest BCUT2D eigenvalue weighted by molar-refractivity contribution is 9.10. The monoisotopic (exact) mass is 298 g/mol. The second-order valence-electron chi connectivity index (χ2n) is 3.71. The summed E-state index contributed by atoms with van der Waals surface area (Å²) in [5.41, 5.74) is 3.91. The highest BCUT2D eigenvalue weighted by Crippen LogP contribution is 2.25. The van der Waals surface area contributed by atoms with Gasteiger partial charge in [-0.3, -0.25) is 10.5 Å². The molecule has 0 amide bonds. The quantitative estimate of drug-likeness (QED) is 0.672. The van der Waals surface area contributed by atoms with Crippen molar-refractivity contribution in [2.24, 2.45) is 12.9 Å². The Morgan fingerprint density at radius 2 is 2.29 bits per heavy atom. The van der Waals surface area contributed by atoms with E-state index >= 15 is 0 Å². The van der Waals surface area contributed by atoms with Crippen LogP contribution in [0.15, 0.2) is 35.1 Å². The summed E-state index contributed by atoms with van der Waals surface area (Å²) < 4.78 is 16.2. The van der Waals surface area contributed by atoms with Crippen molar-refractivity contribution in [3.63, 3.8) is 0 Å². The van der Waals surface area contributed by atoms with E-state index in [0.29, 0.717) is 10.0 Å². The number of aromatic nitrogens is 2. The Balaban J connectivity index is 2.42. The zero-order valence-electron chi connectivity index (χ0n) is 9.19. The highest BCUT2D eigenvalue weighted by Gasteiger charge is 2.17. The Hall–Kier alpha value is -1.24. The summed E-state index contributed by atoms with van der Waals surface area (Å²) in [5, 5.41) is 4.05. The standard InChI is InChI=1S/C11H12BrFN4/c1-17-6-7(5-15-17)11(16-14)9-3-2-8(12)4-10(9)13/h2-6,11,16H,14H2,1H3. The molecule has 0 saturated heterocycles. The van der Waals surface area contributed by atoms with E-state index in [9.17, 15) is 4.39 Å². The molecule has 17 heavy (non-hydrogen) atoms. The van der Waals surface area contributed by atoms with Crippen LogP contribution in [0.1, 0.15) is 17.2 Å². The number of hydrogen-bond donors (Lipinski definition) is 2. The van der Waals surface area contributed by atoms with Gasteiger partial charge in [-0.2, -0.15) is 5.10 Å². The van der Waals surface area contributed by atoms with Gasteiger partial charge >= 0.3 is 0 Å². The first-order valence-corrected chi connectivity index (χ1v) is 5.80. The fraction of sp³-hybridized carbons (Fsp3) is 0.182. The molecule has 0 saturated carbocycles. The van der Waals surface area contributed by atoms with Crippen molar-refractivity contribution in [1.82, 2.24) is 15.2 Å². The predicted octanol–water partition coefficient (Wildman–Crippen LogP) is 1.87. The lowest BCUT2D eigenvalue weighted by Gasteiger charge is -2.15. The van der Waals surface area contributed by atoms with Crippen molar-refractivity contribution in [2.75, 3.05) is 0 Å². The summed E-state index contributed by atoms with van der Waals surface area (Å²) in [6.45, 7) is 0. The molecule has 2 aromatic rings. The van der Waals surface area contributed by atoms with Gasteiger partial charge in [-0.25, -0.2) is 9.82 Å². The van der Waals surface area contributed by atoms with Crippen molar-refractivity contribution in [2.45, 2.75) is 6.04 Å². The molecule has 2 rings (SSSR count). The molecule has 0 spiro atoms. The molecule has 0 aliphatic heterocycles. The number of rotatable bonds is 3. The van der Waals surface area contributed by atoms with E-state index in [1.807, 2.05) is 0 Å². The van der Waals surface area contributed by atoms with Gasteiger partial charge in [-0.05, 0) is 12.1 Å². The van der Waals surface area contributed by atoms with Crippen LogP contribution in [0.2, 0.25) is 0 Å². The van der Waals surface area contributed by atoms with Crippen LogP contribution in [-0.4, -0.2) is 9.78 Å². The zero-order valence-corrected chi connectivity index (χ0v) is 10.8. The molecule has 0 bridgehead atoms. The maximum absolute atomic E-state index is 13.8. The van der Waals surface area contributed by atoms with Crippen LogP contribution >= 0.6 is 15.9 Å². The third-order valence-corrected chi connectivity index (χ3v) is 2.99. The van der Waals surface area contributed by atoms with E-state index in [0.717, 1.165) is 5.56 Å².